The normalized spacial score (nSPS) is 12.3. The second-order valence-corrected chi connectivity index (χ2v) is 8.35. The molecule has 10 heteroatoms. The fourth-order valence-corrected chi connectivity index (χ4v) is 4.37. The summed E-state index contributed by atoms with van der Waals surface area (Å²) in [4.78, 5) is 22.0. The van der Waals surface area contributed by atoms with Gasteiger partial charge >= 0.3 is 0 Å². The first-order valence-electron chi connectivity index (χ1n) is 9.92. The Morgan fingerprint density at radius 2 is 1.66 bits per heavy atom. The Hall–Kier alpha value is -3.24. The number of amides is 1. The number of methoxy groups -OCH3 is 3. The first kappa shape index (κ1) is 22.0. The summed E-state index contributed by atoms with van der Waals surface area (Å²) in [5.74, 6) is 2.38. The molecule has 0 atom stereocenters. The molecule has 2 aromatic carbocycles. The summed E-state index contributed by atoms with van der Waals surface area (Å²) >= 11 is 1.43. The van der Waals surface area contributed by atoms with E-state index >= 15 is 0 Å². The second-order valence-electron chi connectivity index (χ2n) is 7.34. The summed E-state index contributed by atoms with van der Waals surface area (Å²) in [6.45, 7) is 1.32. The summed E-state index contributed by atoms with van der Waals surface area (Å²) in [6.07, 6.45) is 0. The highest BCUT2D eigenvalue weighted by atomic mass is 32.1. The fraction of sp³-hybridized carbons (Fsp3) is 0.364. The molecule has 1 aliphatic heterocycles. The SMILES string of the molecule is COc1cc(C(=O)N(CCN(C)C)c2nc3cc4c(cc3s2)OCO4)cc(OC)c1OC. The number of carbonyl (C=O) groups is 1. The molecular weight excluding hydrogens is 434 g/mol. The number of ether oxygens (including phenoxy) is 5. The maximum Gasteiger partial charge on any atom is 0.260 e. The van der Waals surface area contributed by atoms with Gasteiger partial charge in [0.15, 0.2) is 28.1 Å². The molecule has 0 spiro atoms. The average molecular weight is 460 g/mol. The molecule has 0 aliphatic carbocycles. The van der Waals surface area contributed by atoms with Gasteiger partial charge in [0, 0.05) is 30.8 Å². The number of hydrogen-bond acceptors (Lipinski definition) is 9. The van der Waals surface area contributed by atoms with Gasteiger partial charge in [-0.15, -0.1) is 0 Å². The average Bonchev–Trinajstić information content (AvgIpc) is 3.41. The monoisotopic (exact) mass is 459 g/mol. The molecule has 9 nitrogen and oxygen atoms in total. The molecule has 0 bridgehead atoms. The summed E-state index contributed by atoms with van der Waals surface area (Å²) < 4.78 is 28.1. The predicted octanol–water partition coefficient (Wildman–Crippen LogP) is 3.26. The molecule has 0 unspecified atom stereocenters. The van der Waals surface area contributed by atoms with Gasteiger partial charge in [0.05, 0.1) is 31.5 Å². The Bertz CT molecular complexity index is 1080. The van der Waals surface area contributed by atoms with Crippen molar-refractivity contribution in [3.63, 3.8) is 0 Å². The first-order chi connectivity index (χ1) is 15.4. The van der Waals surface area contributed by atoms with Crippen molar-refractivity contribution in [3.8, 4) is 28.7 Å². The zero-order valence-electron chi connectivity index (χ0n) is 18.6. The van der Waals surface area contributed by atoms with Gasteiger partial charge in [-0.05, 0) is 26.2 Å². The van der Waals surface area contributed by atoms with Crippen LogP contribution in [0.3, 0.4) is 0 Å². The van der Waals surface area contributed by atoms with Crippen LogP contribution in [0.2, 0.25) is 0 Å². The van der Waals surface area contributed by atoms with Crippen LogP contribution in [0.15, 0.2) is 24.3 Å². The Labute approximate surface area is 190 Å². The lowest BCUT2D eigenvalue weighted by Gasteiger charge is -2.23. The molecule has 0 radical (unpaired) electrons. The van der Waals surface area contributed by atoms with Crippen molar-refractivity contribution < 1.29 is 28.5 Å². The van der Waals surface area contributed by atoms with Crippen LogP contribution in [0.5, 0.6) is 28.7 Å². The predicted molar refractivity (Wildman–Crippen MR) is 122 cm³/mol. The number of rotatable bonds is 8. The number of carbonyl (C=O) groups excluding carboxylic acids is 1. The maximum atomic E-state index is 13.6. The largest absolute Gasteiger partial charge is 0.493 e. The standard InChI is InChI=1S/C22H25N3O6S/c1-24(2)6-7-25(21(26)13-8-17(27-3)20(29-5)18(9-13)28-4)22-23-14-10-15-16(31-12-30-15)11-19(14)32-22/h8-11H,6-7,12H2,1-5H3. The highest BCUT2D eigenvalue weighted by Crippen LogP contribution is 2.41. The van der Waals surface area contributed by atoms with Crippen LogP contribution in [0.25, 0.3) is 10.2 Å². The van der Waals surface area contributed by atoms with E-state index in [9.17, 15) is 4.79 Å². The summed E-state index contributed by atoms with van der Waals surface area (Å²) in [5, 5.41) is 0.587. The molecule has 1 aliphatic rings. The van der Waals surface area contributed by atoms with Crippen molar-refractivity contribution in [1.82, 2.24) is 9.88 Å². The Balaban J connectivity index is 1.75. The van der Waals surface area contributed by atoms with Crippen molar-refractivity contribution in [2.75, 3.05) is 60.2 Å². The second kappa shape index (κ2) is 9.09. The minimum Gasteiger partial charge on any atom is -0.493 e. The van der Waals surface area contributed by atoms with E-state index in [1.54, 1.807) is 17.0 Å². The number of aromatic nitrogens is 1. The first-order valence-corrected chi connectivity index (χ1v) is 10.7. The number of nitrogens with zero attached hydrogens (tertiary/aromatic N) is 3. The van der Waals surface area contributed by atoms with E-state index in [1.807, 2.05) is 31.1 Å². The molecule has 2 heterocycles. The lowest BCUT2D eigenvalue weighted by Crippen LogP contribution is -2.36. The Morgan fingerprint density at radius 1 is 1.00 bits per heavy atom. The number of benzene rings is 2. The minimum absolute atomic E-state index is 0.202. The minimum atomic E-state index is -0.217. The molecule has 3 aromatic rings. The van der Waals surface area contributed by atoms with Crippen LogP contribution in [-0.2, 0) is 0 Å². The number of anilines is 1. The molecule has 4 rings (SSSR count). The van der Waals surface area contributed by atoms with E-state index < -0.39 is 0 Å². The number of thiazole rings is 1. The van der Waals surface area contributed by atoms with E-state index in [1.165, 1.54) is 32.7 Å². The lowest BCUT2D eigenvalue weighted by atomic mass is 10.1. The molecule has 0 saturated carbocycles. The molecule has 0 N–H and O–H groups in total. The highest BCUT2D eigenvalue weighted by molar-refractivity contribution is 7.22. The van der Waals surface area contributed by atoms with E-state index in [-0.39, 0.29) is 12.7 Å². The Morgan fingerprint density at radius 3 is 2.25 bits per heavy atom. The van der Waals surface area contributed by atoms with Crippen molar-refractivity contribution in [1.29, 1.82) is 0 Å². The van der Waals surface area contributed by atoms with Crippen LogP contribution < -0.4 is 28.6 Å². The number of likely N-dealkylation sites (N-methyl/N-ethyl adjacent to an activating group) is 1. The van der Waals surface area contributed by atoms with Crippen molar-refractivity contribution in [3.05, 3.63) is 29.8 Å². The van der Waals surface area contributed by atoms with E-state index in [2.05, 4.69) is 0 Å². The molecular formula is C22H25N3O6S. The van der Waals surface area contributed by atoms with E-state index in [4.69, 9.17) is 28.7 Å². The maximum absolute atomic E-state index is 13.6. The van der Waals surface area contributed by atoms with Crippen molar-refractivity contribution in [2.45, 2.75) is 0 Å². The van der Waals surface area contributed by atoms with Crippen molar-refractivity contribution >= 4 is 32.6 Å². The molecule has 32 heavy (non-hydrogen) atoms. The molecule has 1 aromatic heterocycles. The third-order valence-electron chi connectivity index (χ3n) is 5.03. The van der Waals surface area contributed by atoms with Gasteiger partial charge in [-0.2, -0.15) is 0 Å². The lowest BCUT2D eigenvalue weighted by molar-refractivity contribution is 0.0984. The quantitative estimate of drug-likeness (QED) is 0.508. The van der Waals surface area contributed by atoms with Crippen LogP contribution in [-0.4, -0.2) is 71.1 Å². The summed E-state index contributed by atoms with van der Waals surface area (Å²) in [5.41, 5.74) is 1.16. The summed E-state index contributed by atoms with van der Waals surface area (Å²) in [6, 6.07) is 7.03. The highest BCUT2D eigenvalue weighted by Gasteiger charge is 2.26. The van der Waals surface area contributed by atoms with E-state index in [0.717, 1.165) is 10.2 Å². The fourth-order valence-electron chi connectivity index (χ4n) is 3.37. The Kier molecular flexibility index (Phi) is 6.24. The summed E-state index contributed by atoms with van der Waals surface area (Å²) in [7, 11) is 8.48. The zero-order valence-corrected chi connectivity index (χ0v) is 19.4. The topological polar surface area (TPSA) is 82.6 Å². The van der Waals surface area contributed by atoms with Gasteiger partial charge in [-0.25, -0.2) is 4.98 Å². The van der Waals surface area contributed by atoms with Gasteiger partial charge < -0.3 is 28.6 Å². The zero-order chi connectivity index (χ0) is 22.8. The molecule has 170 valence electrons. The van der Waals surface area contributed by atoms with E-state index in [0.29, 0.717) is 52.5 Å². The van der Waals surface area contributed by atoms with Gasteiger partial charge in [-0.1, -0.05) is 11.3 Å². The van der Waals surface area contributed by atoms with Gasteiger partial charge in [0.25, 0.3) is 5.91 Å². The van der Waals surface area contributed by atoms with Crippen LogP contribution in [0.1, 0.15) is 10.4 Å². The van der Waals surface area contributed by atoms with Crippen LogP contribution in [0, 0.1) is 0 Å². The smallest absolute Gasteiger partial charge is 0.260 e. The molecule has 0 saturated heterocycles. The number of fused-ring (bicyclic) bond motifs is 2. The third kappa shape index (κ3) is 4.11. The van der Waals surface area contributed by atoms with Crippen LogP contribution in [0.4, 0.5) is 5.13 Å². The third-order valence-corrected chi connectivity index (χ3v) is 6.07. The number of hydrogen-bond donors (Lipinski definition) is 0. The van der Waals surface area contributed by atoms with Gasteiger partial charge in [0.2, 0.25) is 12.5 Å². The van der Waals surface area contributed by atoms with Gasteiger partial charge in [-0.3, -0.25) is 9.69 Å². The molecule has 0 fully saturated rings. The van der Waals surface area contributed by atoms with Crippen molar-refractivity contribution in [2.24, 2.45) is 0 Å². The molecule has 1 amide bonds. The van der Waals surface area contributed by atoms with Gasteiger partial charge in [0.1, 0.15) is 0 Å². The van der Waals surface area contributed by atoms with Crippen LogP contribution >= 0.6 is 11.3 Å².